The summed E-state index contributed by atoms with van der Waals surface area (Å²) in [6.45, 7) is 0.428. The largest absolute Gasteiger partial charge is 0.478 e. The third-order valence-electron chi connectivity index (χ3n) is 3.55. The van der Waals surface area contributed by atoms with Crippen LogP contribution in [0.4, 0.5) is 5.69 Å². The first-order valence-electron chi connectivity index (χ1n) is 7.14. The Bertz CT molecular complexity index is 942. The average Bonchev–Trinajstić information content (AvgIpc) is 2.91. The Labute approximate surface area is 136 Å². The van der Waals surface area contributed by atoms with Crippen LogP contribution in [0.5, 0.6) is 0 Å². The molecule has 0 bridgehead atoms. The lowest BCUT2D eigenvalue weighted by molar-refractivity contribution is -0.384. The monoisotopic (exact) mass is 323 g/mol. The van der Waals surface area contributed by atoms with Crippen LogP contribution in [0.1, 0.15) is 11.4 Å². The quantitative estimate of drug-likeness (QED) is 0.442. The number of carboxylic acid groups (broad SMARTS) is 1. The predicted molar refractivity (Wildman–Crippen MR) is 88.6 cm³/mol. The lowest BCUT2D eigenvalue weighted by atomic mass is 10.2. The molecule has 24 heavy (non-hydrogen) atoms. The summed E-state index contributed by atoms with van der Waals surface area (Å²) >= 11 is 0. The first kappa shape index (κ1) is 15.4. The van der Waals surface area contributed by atoms with Gasteiger partial charge in [0.15, 0.2) is 0 Å². The zero-order chi connectivity index (χ0) is 17.1. The van der Waals surface area contributed by atoms with Crippen LogP contribution in [0, 0.1) is 10.1 Å². The summed E-state index contributed by atoms with van der Waals surface area (Å²) in [4.78, 5) is 25.5. The number of carbonyl (C=O) groups is 1. The number of hydrogen-bond acceptors (Lipinski definition) is 4. The minimum absolute atomic E-state index is 0.0280. The molecule has 3 rings (SSSR count). The van der Waals surface area contributed by atoms with Gasteiger partial charge in [-0.2, -0.15) is 0 Å². The molecule has 0 radical (unpaired) electrons. The molecule has 7 nitrogen and oxygen atoms in total. The van der Waals surface area contributed by atoms with Crippen molar-refractivity contribution in [3.8, 4) is 0 Å². The maximum absolute atomic E-state index is 10.8. The van der Waals surface area contributed by atoms with Gasteiger partial charge in [-0.15, -0.1) is 0 Å². The van der Waals surface area contributed by atoms with Gasteiger partial charge in [-0.05, 0) is 23.8 Å². The lowest BCUT2D eigenvalue weighted by Gasteiger charge is -2.07. The van der Waals surface area contributed by atoms with Crippen molar-refractivity contribution in [1.82, 2.24) is 9.55 Å². The third kappa shape index (κ3) is 3.14. The van der Waals surface area contributed by atoms with Gasteiger partial charge < -0.3 is 9.67 Å². The fourth-order valence-electron chi connectivity index (χ4n) is 2.44. The number of fused-ring (bicyclic) bond motifs is 1. The molecule has 3 aromatic rings. The molecule has 0 amide bonds. The van der Waals surface area contributed by atoms with Crippen molar-refractivity contribution in [3.05, 3.63) is 76.1 Å². The number of non-ortho nitro benzene ring substituents is 1. The molecule has 0 aliphatic heterocycles. The van der Waals surface area contributed by atoms with Gasteiger partial charge in [0.05, 0.1) is 16.0 Å². The minimum atomic E-state index is -1.05. The molecule has 0 atom stereocenters. The average molecular weight is 323 g/mol. The summed E-state index contributed by atoms with van der Waals surface area (Å²) < 4.78 is 1.87. The van der Waals surface area contributed by atoms with Gasteiger partial charge in [-0.25, -0.2) is 9.78 Å². The molecule has 0 spiro atoms. The molecule has 120 valence electrons. The summed E-state index contributed by atoms with van der Waals surface area (Å²) in [5, 5.41) is 19.6. The Morgan fingerprint density at radius 2 is 1.92 bits per heavy atom. The first-order chi connectivity index (χ1) is 11.5. The van der Waals surface area contributed by atoms with Crippen LogP contribution in [-0.4, -0.2) is 25.6 Å². The highest BCUT2D eigenvalue weighted by Crippen LogP contribution is 2.20. The summed E-state index contributed by atoms with van der Waals surface area (Å²) in [5.41, 5.74) is 2.50. The van der Waals surface area contributed by atoms with Crippen molar-refractivity contribution in [3.63, 3.8) is 0 Å². The minimum Gasteiger partial charge on any atom is -0.478 e. The Kier molecular flexibility index (Phi) is 4.07. The SMILES string of the molecule is O=C(O)/C=C/c1nc2ccccc2n1Cc1ccc([N+](=O)[O-])cc1. The van der Waals surface area contributed by atoms with E-state index in [1.54, 1.807) is 12.1 Å². The van der Waals surface area contributed by atoms with Crippen molar-refractivity contribution >= 4 is 28.8 Å². The molecule has 0 aliphatic carbocycles. The number of imidazole rings is 1. The van der Waals surface area contributed by atoms with E-state index in [2.05, 4.69) is 4.98 Å². The highest BCUT2D eigenvalue weighted by atomic mass is 16.6. The molecule has 1 heterocycles. The second-order valence-corrected chi connectivity index (χ2v) is 5.14. The zero-order valence-corrected chi connectivity index (χ0v) is 12.5. The molecule has 1 aromatic heterocycles. The fourth-order valence-corrected chi connectivity index (χ4v) is 2.44. The molecule has 2 aromatic carbocycles. The zero-order valence-electron chi connectivity index (χ0n) is 12.5. The van der Waals surface area contributed by atoms with E-state index in [-0.39, 0.29) is 5.69 Å². The van der Waals surface area contributed by atoms with Crippen LogP contribution in [0.15, 0.2) is 54.6 Å². The number of benzene rings is 2. The van der Waals surface area contributed by atoms with E-state index in [4.69, 9.17) is 5.11 Å². The van der Waals surface area contributed by atoms with Crippen LogP contribution in [-0.2, 0) is 11.3 Å². The van der Waals surface area contributed by atoms with Crippen molar-refractivity contribution in [2.45, 2.75) is 6.54 Å². The van der Waals surface area contributed by atoms with E-state index in [1.165, 1.54) is 18.2 Å². The molecular formula is C17H13N3O4. The number of aliphatic carboxylic acids is 1. The van der Waals surface area contributed by atoms with Gasteiger partial charge in [0, 0.05) is 24.8 Å². The van der Waals surface area contributed by atoms with E-state index in [9.17, 15) is 14.9 Å². The van der Waals surface area contributed by atoms with Gasteiger partial charge in [-0.3, -0.25) is 10.1 Å². The predicted octanol–water partition coefficient (Wildman–Crippen LogP) is 3.09. The van der Waals surface area contributed by atoms with Crippen molar-refractivity contribution < 1.29 is 14.8 Å². The maximum Gasteiger partial charge on any atom is 0.328 e. The van der Waals surface area contributed by atoms with E-state index in [0.29, 0.717) is 12.4 Å². The van der Waals surface area contributed by atoms with Crippen LogP contribution in [0.2, 0.25) is 0 Å². The van der Waals surface area contributed by atoms with Crippen LogP contribution in [0.3, 0.4) is 0 Å². The smallest absolute Gasteiger partial charge is 0.328 e. The second kappa shape index (κ2) is 6.33. The Balaban J connectivity index is 2.01. The third-order valence-corrected chi connectivity index (χ3v) is 3.55. The summed E-state index contributed by atoms with van der Waals surface area (Å²) in [6.07, 6.45) is 2.47. The van der Waals surface area contributed by atoms with Gasteiger partial charge in [0.1, 0.15) is 5.82 Å². The highest BCUT2D eigenvalue weighted by molar-refractivity contribution is 5.86. The maximum atomic E-state index is 10.8. The molecule has 0 saturated carbocycles. The number of carboxylic acids is 1. The Hall–Kier alpha value is -3.48. The molecule has 0 aliphatic rings. The standard InChI is InChI=1S/C17H13N3O4/c21-17(22)10-9-16-18-14-3-1-2-4-15(14)19(16)11-12-5-7-13(8-6-12)20(23)24/h1-10H,11H2,(H,21,22)/b10-9+. The number of para-hydroxylation sites is 2. The van der Waals surface area contributed by atoms with Crippen LogP contribution in [0.25, 0.3) is 17.1 Å². The molecule has 0 fully saturated rings. The number of nitro groups is 1. The highest BCUT2D eigenvalue weighted by Gasteiger charge is 2.10. The summed E-state index contributed by atoms with van der Waals surface area (Å²) in [7, 11) is 0. The number of hydrogen-bond donors (Lipinski definition) is 1. The van der Waals surface area contributed by atoms with Crippen molar-refractivity contribution in [2.75, 3.05) is 0 Å². The van der Waals surface area contributed by atoms with E-state index >= 15 is 0 Å². The van der Waals surface area contributed by atoms with E-state index in [1.807, 2.05) is 28.8 Å². The Morgan fingerprint density at radius 3 is 2.58 bits per heavy atom. The van der Waals surface area contributed by atoms with Crippen LogP contribution >= 0.6 is 0 Å². The number of rotatable bonds is 5. The van der Waals surface area contributed by atoms with Crippen molar-refractivity contribution in [2.24, 2.45) is 0 Å². The van der Waals surface area contributed by atoms with Gasteiger partial charge in [0.25, 0.3) is 5.69 Å². The first-order valence-corrected chi connectivity index (χ1v) is 7.14. The molecule has 0 unspecified atom stereocenters. The van der Waals surface area contributed by atoms with Gasteiger partial charge >= 0.3 is 5.97 Å². The summed E-state index contributed by atoms with van der Waals surface area (Å²) in [6, 6.07) is 13.7. The van der Waals surface area contributed by atoms with E-state index < -0.39 is 10.9 Å². The number of nitrogens with zero attached hydrogens (tertiary/aromatic N) is 3. The second-order valence-electron chi connectivity index (χ2n) is 5.14. The Morgan fingerprint density at radius 1 is 1.21 bits per heavy atom. The van der Waals surface area contributed by atoms with Gasteiger partial charge in [-0.1, -0.05) is 24.3 Å². The molecular weight excluding hydrogens is 310 g/mol. The number of nitro benzene ring substituents is 1. The normalized spacial score (nSPS) is 11.2. The van der Waals surface area contributed by atoms with Crippen molar-refractivity contribution in [1.29, 1.82) is 0 Å². The molecule has 1 N–H and O–H groups in total. The van der Waals surface area contributed by atoms with Crippen LogP contribution < -0.4 is 0 Å². The fraction of sp³-hybridized carbons (Fsp3) is 0.0588. The lowest BCUT2D eigenvalue weighted by Crippen LogP contribution is -2.02. The summed E-state index contributed by atoms with van der Waals surface area (Å²) in [5.74, 6) is -0.541. The topological polar surface area (TPSA) is 98.3 Å². The van der Waals surface area contributed by atoms with E-state index in [0.717, 1.165) is 22.7 Å². The number of aromatic nitrogens is 2. The molecule has 0 saturated heterocycles. The van der Waals surface area contributed by atoms with Gasteiger partial charge in [0.2, 0.25) is 0 Å². The molecule has 7 heteroatoms.